The van der Waals surface area contributed by atoms with Crippen molar-refractivity contribution in [2.75, 3.05) is 19.7 Å². The van der Waals surface area contributed by atoms with Gasteiger partial charge in [0, 0.05) is 31.8 Å². The summed E-state index contributed by atoms with van der Waals surface area (Å²) in [6, 6.07) is 8.45. The zero-order valence-electron chi connectivity index (χ0n) is 14.5. The summed E-state index contributed by atoms with van der Waals surface area (Å²) in [4.78, 5) is 14.4. The zero-order chi connectivity index (χ0) is 16.7. The number of amides is 1. The molecule has 1 aromatic carbocycles. The molecule has 1 aliphatic rings. The van der Waals surface area contributed by atoms with Crippen molar-refractivity contribution in [1.82, 2.24) is 10.2 Å². The number of benzene rings is 1. The van der Waals surface area contributed by atoms with Gasteiger partial charge < -0.3 is 10.1 Å². The topological polar surface area (TPSA) is 41.6 Å². The number of carbonyl (C=O) groups is 1. The maximum atomic E-state index is 11.9. The number of hydrogen-bond donors (Lipinski definition) is 1. The highest BCUT2D eigenvalue weighted by atomic mass is 16.5. The number of allylic oxidation sites excluding steroid dienone is 1. The van der Waals surface area contributed by atoms with Crippen LogP contribution in [0.2, 0.25) is 0 Å². The van der Waals surface area contributed by atoms with Crippen LogP contribution in [0, 0.1) is 0 Å². The monoisotopic (exact) mass is 316 g/mol. The van der Waals surface area contributed by atoms with Gasteiger partial charge in [-0.2, -0.15) is 0 Å². The summed E-state index contributed by atoms with van der Waals surface area (Å²) in [5.41, 5.74) is 3.21. The summed E-state index contributed by atoms with van der Waals surface area (Å²) in [6.07, 6.45) is 3.14. The molecule has 1 fully saturated rings. The average Bonchev–Trinajstić information content (AvgIpc) is 2.53. The highest BCUT2D eigenvalue weighted by Crippen LogP contribution is 2.12. The second-order valence-electron chi connectivity index (χ2n) is 6.21. The van der Waals surface area contributed by atoms with Crippen LogP contribution in [0.4, 0.5) is 0 Å². The molecule has 1 amide bonds. The van der Waals surface area contributed by atoms with Crippen LogP contribution in [0.1, 0.15) is 38.3 Å². The molecule has 1 atom stereocenters. The van der Waals surface area contributed by atoms with E-state index in [0.717, 1.165) is 43.8 Å². The number of morpholine rings is 1. The SMILES string of the molecule is CC/C=C(\C)C(=O)NCc1cccc(CN2CCO[C@H](C)C2)c1. The first-order valence-electron chi connectivity index (χ1n) is 8.45. The maximum absolute atomic E-state index is 11.9. The molecule has 1 saturated heterocycles. The van der Waals surface area contributed by atoms with Crippen LogP contribution in [0.5, 0.6) is 0 Å². The van der Waals surface area contributed by atoms with Gasteiger partial charge in [0.1, 0.15) is 0 Å². The van der Waals surface area contributed by atoms with Crippen molar-refractivity contribution in [2.24, 2.45) is 0 Å². The van der Waals surface area contributed by atoms with Gasteiger partial charge in [0.25, 0.3) is 0 Å². The van der Waals surface area contributed by atoms with Gasteiger partial charge in [0.15, 0.2) is 0 Å². The fraction of sp³-hybridized carbons (Fsp3) is 0.526. The lowest BCUT2D eigenvalue weighted by Gasteiger charge is -2.31. The molecular weight excluding hydrogens is 288 g/mol. The van der Waals surface area contributed by atoms with Crippen molar-refractivity contribution >= 4 is 5.91 Å². The van der Waals surface area contributed by atoms with Crippen LogP contribution in [0.25, 0.3) is 0 Å². The van der Waals surface area contributed by atoms with E-state index in [1.165, 1.54) is 5.56 Å². The number of rotatable bonds is 6. The normalized spacial score (nSPS) is 19.6. The summed E-state index contributed by atoms with van der Waals surface area (Å²) in [6.45, 7) is 10.3. The molecule has 1 aliphatic heterocycles. The summed E-state index contributed by atoms with van der Waals surface area (Å²) < 4.78 is 5.58. The number of hydrogen-bond acceptors (Lipinski definition) is 3. The third-order valence-electron chi connectivity index (χ3n) is 4.04. The molecule has 4 heteroatoms. The molecule has 0 bridgehead atoms. The standard InChI is InChI=1S/C19H28N2O2/c1-4-6-15(2)19(22)20-12-17-7-5-8-18(11-17)14-21-9-10-23-16(3)13-21/h5-8,11,16H,4,9-10,12-14H2,1-3H3,(H,20,22)/b15-6+/t16-/m1/s1. The number of carbonyl (C=O) groups excluding carboxylic acids is 1. The van der Waals surface area contributed by atoms with Crippen LogP contribution < -0.4 is 5.32 Å². The number of nitrogens with one attached hydrogen (secondary N) is 1. The van der Waals surface area contributed by atoms with E-state index < -0.39 is 0 Å². The molecule has 0 aromatic heterocycles. The van der Waals surface area contributed by atoms with E-state index in [-0.39, 0.29) is 5.91 Å². The first-order valence-corrected chi connectivity index (χ1v) is 8.45. The Bertz CT molecular complexity index is 554. The minimum Gasteiger partial charge on any atom is -0.376 e. The summed E-state index contributed by atoms with van der Waals surface area (Å²) >= 11 is 0. The minimum atomic E-state index is 0.0132. The van der Waals surface area contributed by atoms with Crippen LogP contribution >= 0.6 is 0 Å². The fourth-order valence-corrected chi connectivity index (χ4v) is 2.85. The Morgan fingerprint density at radius 3 is 2.96 bits per heavy atom. The highest BCUT2D eigenvalue weighted by Gasteiger charge is 2.16. The molecule has 0 radical (unpaired) electrons. The highest BCUT2D eigenvalue weighted by molar-refractivity contribution is 5.92. The molecule has 0 aliphatic carbocycles. The predicted molar refractivity (Wildman–Crippen MR) is 93.0 cm³/mol. The Morgan fingerprint density at radius 1 is 1.43 bits per heavy atom. The lowest BCUT2D eigenvalue weighted by atomic mass is 10.1. The van der Waals surface area contributed by atoms with Gasteiger partial charge in [-0.3, -0.25) is 9.69 Å². The third kappa shape index (κ3) is 5.81. The average molecular weight is 316 g/mol. The molecule has 1 aromatic rings. The summed E-state index contributed by atoms with van der Waals surface area (Å²) in [7, 11) is 0. The van der Waals surface area contributed by atoms with E-state index in [0.29, 0.717) is 12.6 Å². The van der Waals surface area contributed by atoms with E-state index in [1.54, 1.807) is 0 Å². The van der Waals surface area contributed by atoms with Crippen LogP contribution in [0.15, 0.2) is 35.9 Å². The van der Waals surface area contributed by atoms with Gasteiger partial charge in [0.2, 0.25) is 5.91 Å². The van der Waals surface area contributed by atoms with Crippen molar-refractivity contribution in [3.05, 3.63) is 47.0 Å². The summed E-state index contributed by atoms with van der Waals surface area (Å²) in [5.74, 6) is 0.0132. The Balaban J connectivity index is 1.89. The molecule has 23 heavy (non-hydrogen) atoms. The van der Waals surface area contributed by atoms with E-state index in [2.05, 4.69) is 41.4 Å². The van der Waals surface area contributed by atoms with Crippen LogP contribution in [-0.2, 0) is 22.6 Å². The van der Waals surface area contributed by atoms with E-state index in [9.17, 15) is 4.79 Å². The van der Waals surface area contributed by atoms with Gasteiger partial charge in [-0.15, -0.1) is 0 Å². The molecule has 1 heterocycles. The molecule has 0 spiro atoms. The van der Waals surface area contributed by atoms with Gasteiger partial charge in [-0.05, 0) is 31.4 Å². The number of nitrogens with zero attached hydrogens (tertiary/aromatic N) is 1. The Morgan fingerprint density at radius 2 is 2.22 bits per heavy atom. The van der Waals surface area contributed by atoms with Gasteiger partial charge in [-0.1, -0.05) is 37.3 Å². The first kappa shape index (κ1) is 17.7. The minimum absolute atomic E-state index is 0.0132. The van der Waals surface area contributed by atoms with Crippen molar-refractivity contribution in [1.29, 1.82) is 0 Å². The van der Waals surface area contributed by atoms with Gasteiger partial charge in [0.05, 0.1) is 12.7 Å². The smallest absolute Gasteiger partial charge is 0.246 e. The molecule has 2 rings (SSSR count). The molecule has 126 valence electrons. The first-order chi connectivity index (χ1) is 11.1. The Hall–Kier alpha value is -1.65. The van der Waals surface area contributed by atoms with Gasteiger partial charge in [-0.25, -0.2) is 0 Å². The lowest BCUT2D eigenvalue weighted by Crippen LogP contribution is -2.40. The third-order valence-corrected chi connectivity index (χ3v) is 4.04. The van der Waals surface area contributed by atoms with E-state index in [1.807, 2.05) is 19.9 Å². The summed E-state index contributed by atoms with van der Waals surface area (Å²) in [5, 5.41) is 2.98. The van der Waals surface area contributed by atoms with Crippen molar-refractivity contribution in [3.8, 4) is 0 Å². The van der Waals surface area contributed by atoms with Crippen molar-refractivity contribution in [3.63, 3.8) is 0 Å². The fourth-order valence-electron chi connectivity index (χ4n) is 2.85. The van der Waals surface area contributed by atoms with E-state index in [4.69, 9.17) is 4.74 Å². The van der Waals surface area contributed by atoms with Gasteiger partial charge >= 0.3 is 0 Å². The molecular formula is C19H28N2O2. The molecule has 0 unspecified atom stereocenters. The Labute approximate surface area is 139 Å². The molecule has 4 nitrogen and oxygen atoms in total. The largest absolute Gasteiger partial charge is 0.376 e. The molecule has 1 N–H and O–H groups in total. The quantitative estimate of drug-likeness (QED) is 0.821. The zero-order valence-corrected chi connectivity index (χ0v) is 14.5. The van der Waals surface area contributed by atoms with Crippen molar-refractivity contribution in [2.45, 2.75) is 46.4 Å². The van der Waals surface area contributed by atoms with Crippen LogP contribution in [-0.4, -0.2) is 36.6 Å². The predicted octanol–water partition coefficient (Wildman–Crippen LogP) is 2.88. The van der Waals surface area contributed by atoms with E-state index >= 15 is 0 Å². The second kappa shape index (κ2) is 8.85. The lowest BCUT2D eigenvalue weighted by molar-refractivity contribution is -0.117. The number of ether oxygens (including phenoxy) is 1. The second-order valence-corrected chi connectivity index (χ2v) is 6.21. The van der Waals surface area contributed by atoms with Crippen LogP contribution in [0.3, 0.4) is 0 Å². The maximum Gasteiger partial charge on any atom is 0.246 e. The Kier molecular flexibility index (Phi) is 6.81. The van der Waals surface area contributed by atoms with Crippen molar-refractivity contribution < 1.29 is 9.53 Å². The molecule has 0 saturated carbocycles.